The van der Waals surface area contributed by atoms with Crippen molar-refractivity contribution in [1.82, 2.24) is 5.32 Å². The van der Waals surface area contributed by atoms with Crippen LogP contribution in [0.25, 0.3) is 0 Å². The maximum absolute atomic E-state index is 11.6. The van der Waals surface area contributed by atoms with Gasteiger partial charge in [0.25, 0.3) is 5.91 Å². The number of aliphatic hydroxyl groups is 1. The predicted octanol–water partition coefficient (Wildman–Crippen LogP) is -0.235. The third-order valence-electron chi connectivity index (χ3n) is 1.98. The van der Waals surface area contributed by atoms with Gasteiger partial charge in [-0.2, -0.15) is 0 Å². The van der Waals surface area contributed by atoms with Crippen LogP contribution in [0.4, 0.5) is 0 Å². The molecule has 0 aliphatic carbocycles. The Kier molecular flexibility index (Phi) is 8.05. The molecule has 7 nitrogen and oxygen atoms in total. The third-order valence-corrected chi connectivity index (χ3v) is 1.98. The Morgan fingerprint density at radius 3 is 2.15 bits per heavy atom. The fourth-order valence-electron chi connectivity index (χ4n) is 1.16. The van der Waals surface area contributed by atoms with Crippen LogP contribution in [0.5, 0.6) is 0 Å². The van der Waals surface area contributed by atoms with E-state index in [1.165, 1.54) is 6.07 Å². The summed E-state index contributed by atoms with van der Waals surface area (Å²) in [6, 6.07) is 6.41. The number of aliphatic carboxylic acids is 1. The van der Waals surface area contributed by atoms with Crippen molar-refractivity contribution in [3.05, 3.63) is 48.0 Å². The van der Waals surface area contributed by atoms with Crippen LogP contribution in [0, 0.1) is 0 Å². The fraction of sp³-hybridized carbons (Fsp3) is 0.154. The summed E-state index contributed by atoms with van der Waals surface area (Å²) in [5, 5.41) is 17.6. The van der Waals surface area contributed by atoms with Gasteiger partial charge in [0, 0.05) is 6.54 Å². The van der Waals surface area contributed by atoms with Crippen molar-refractivity contribution in [3.63, 3.8) is 0 Å². The first kappa shape index (κ1) is 17.3. The standard InChI is InChI=1S/C11H12N2O2.C2H4O3/c1-2-7-13-11(15)9-6-4-3-5-8(9)10(12)14;3-1-2(4)5/h2-6H,1,7H2,(H2,12,14)(H,13,15);3H,1H2,(H,4,5). The van der Waals surface area contributed by atoms with Gasteiger partial charge in [-0.1, -0.05) is 18.2 Å². The normalized spacial score (nSPS) is 8.85. The summed E-state index contributed by atoms with van der Waals surface area (Å²) in [5.74, 6) is -2.13. The molecule has 0 bridgehead atoms. The molecule has 0 saturated heterocycles. The average molecular weight is 280 g/mol. The van der Waals surface area contributed by atoms with Crippen LogP contribution in [-0.4, -0.2) is 41.1 Å². The maximum Gasteiger partial charge on any atom is 0.329 e. The highest BCUT2D eigenvalue weighted by molar-refractivity contribution is 6.06. The lowest BCUT2D eigenvalue weighted by Gasteiger charge is -2.05. The van der Waals surface area contributed by atoms with E-state index < -0.39 is 18.5 Å². The summed E-state index contributed by atoms with van der Waals surface area (Å²) in [7, 11) is 0. The van der Waals surface area contributed by atoms with Crippen molar-refractivity contribution in [2.45, 2.75) is 0 Å². The van der Waals surface area contributed by atoms with Crippen LogP contribution in [0.3, 0.4) is 0 Å². The van der Waals surface area contributed by atoms with Crippen LogP contribution < -0.4 is 11.1 Å². The molecule has 1 aromatic carbocycles. The number of carbonyl (C=O) groups is 3. The zero-order chi connectivity index (χ0) is 15.5. The van der Waals surface area contributed by atoms with Gasteiger partial charge in [0.1, 0.15) is 6.61 Å². The molecule has 0 aliphatic rings. The van der Waals surface area contributed by atoms with Crippen molar-refractivity contribution in [2.75, 3.05) is 13.2 Å². The Labute approximate surface area is 115 Å². The lowest BCUT2D eigenvalue weighted by atomic mass is 10.1. The second-order valence-electron chi connectivity index (χ2n) is 3.46. The predicted molar refractivity (Wildman–Crippen MR) is 72.2 cm³/mol. The van der Waals surface area contributed by atoms with Crippen LogP contribution in [-0.2, 0) is 4.79 Å². The molecule has 1 rings (SSSR count). The first-order valence-electron chi connectivity index (χ1n) is 5.54. The number of amides is 2. The summed E-state index contributed by atoms with van der Waals surface area (Å²) in [6.45, 7) is 3.05. The first-order chi connectivity index (χ1) is 9.43. The molecule has 0 heterocycles. The number of nitrogens with two attached hydrogens (primary N) is 1. The number of aliphatic hydroxyl groups excluding tert-OH is 1. The van der Waals surface area contributed by atoms with Crippen LogP contribution in [0.2, 0.25) is 0 Å². The van der Waals surface area contributed by atoms with E-state index in [1.54, 1.807) is 24.3 Å². The molecule has 5 N–H and O–H groups in total. The second-order valence-corrected chi connectivity index (χ2v) is 3.46. The quantitative estimate of drug-likeness (QED) is 0.553. The van der Waals surface area contributed by atoms with Gasteiger partial charge in [-0.3, -0.25) is 9.59 Å². The average Bonchev–Trinajstić information content (AvgIpc) is 2.45. The van der Waals surface area contributed by atoms with E-state index in [4.69, 9.17) is 20.7 Å². The summed E-state index contributed by atoms with van der Waals surface area (Å²) in [4.78, 5) is 31.7. The molecule has 1 aromatic rings. The second kappa shape index (κ2) is 9.29. The molecule has 0 spiro atoms. The molecule has 0 unspecified atom stereocenters. The Balaban J connectivity index is 0.000000621. The number of hydrogen-bond acceptors (Lipinski definition) is 4. The Morgan fingerprint density at radius 1 is 1.25 bits per heavy atom. The number of hydrogen-bond donors (Lipinski definition) is 4. The lowest BCUT2D eigenvalue weighted by molar-refractivity contribution is -0.140. The molecule has 0 aliphatic heterocycles. The van der Waals surface area contributed by atoms with Crippen LogP contribution in [0.1, 0.15) is 20.7 Å². The van der Waals surface area contributed by atoms with Crippen LogP contribution >= 0.6 is 0 Å². The van der Waals surface area contributed by atoms with E-state index in [1.807, 2.05) is 0 Å². The van der Waals surface area contributed by atoms with Gasteiger partial charge in [-0.05, 0) is 12.1 Å². The number of carboxylic acid groups (broad SMARTS) is 1. The Hall–Kier alpha value is -2.67. The molecule has 0 aromatic heterocycles. The van der Waals surface area contributed by atoms with Gasteiger partial charge < -0.3 is 21.3 Å². The van der Waals surface area contributed by atoms with Gasteiger partial charge in [0.05, 0.1) is 11.1 Å². The molecule has 108 valence electrons. The summed E-state index contributed by atoms with van der Waals surface area (Å²) in [5.41, 5.74) is 5.65. The van der Waals surface area contributed by atoms with E-state index in [0.29, 0.717) is 6.54 Å². The topological polar surface area (TPSA) is 130 Å². The van der Waals surface area contributed by atoms with Crippen molar-refractivity contribution in [1.29, 1.82) is 0 Å². The van der Waals surface area contributed by atoms with E-state index >= 15 is 0 Å². The van der Waals surface area contributed by atoms with Crippen molar-refractivity contribution in [2.24, 2.45) is 5.73 Å². The molecular weight excluding hydrogens is 264 g/mol. The zero-order valence-electron chi connectivity index (χ0n) is 10.7. The van der Waals surface area contributed by atoms with Gasteiger partial charge in [-0.15, -0.1) is 6.58 Å². The molecule has 7 heteroatoms. The largest absolute Gasteiger partial charge is 0.480 e. The molecule has 20 heavy (non-hydrogen) atoms. The number of rotatable bonds is 5. The lowest BCUT2D eigenvalue weighted by Crippen LogP contribution is -2.26. The van der Waals surface area contributed by atoms with E-state index in [9.17, 15) is 9.59 Å². The first-order valence-corrected chi connectivity index (χ1v) is 5.54. The van der Waals surface area contributed by atoms with Crippen molar-refractivity contribution < 1.29 is 24.6 Å². The SMILES string of the molecule is C=CCNC(=O)c1ccccc1C(N)=O.O=C(O)CO. The number of nitrogens with one attached hydrogen (secondary N) is 1. The highest BCUT2D eigenvalue weighted by Gasteiger charge is 2.12. The molecular formula is C13H16N2O5. The molecule has 0 fully saturated rings. The molecule has 0 atom stereocenters. The number of carboxylic acids is 1. The van der Waals surface area contributed by atoms with Gasteiger partial charge in [-0.25, -0.2) is 4.79 Å². The smallest absolute Gasteiger partial charge is 0.329 e. The highest BCUT2D eigenvalue weighted by Crippen LogP contribution is 2.07. The minimum absolute atomic E-state index is 0.221. The Morgan fingerprint density at radius 2 is 1.75 bits per heavy atom. The minimum Gasteiger partial charge on any atom is -0.480 e. The Bertz CT molecular complexity index is 499. The van der Waals surface area contributed by atoms with E-state index in [2.05, 4.69) is 11.9 Å². The minimum atomic E-state index is -1.19. The number of carbonyl (C=O) groups excluding carboxylic acids is 2. The van der Waals surface area contributed by atoms with Gasteiger partial charge in [0.15, 0.2) is 0 Å². The van der Waals surface area contributed by atoms with Crippen LogP contribution in [0.15, 0.2) is 36.9 Å². The number of benzene rings is 1. The third kappa shape index (κ3) is 6.31. The van der Waals surface area contributed by atoms with E-state index in [0.717, 1.165) is 0 Å². The maximum atomic E-state index is 11.6. The monoisotopic (exact) mass is 280 g/mol. The van der Waals surface area contributed by atoms with Crippen molar-refractivity contribution in [3.8, 4) is 0 Å². The number of primary amides is 1. The van der Waals surface area contributed by atoms with Crippen molar-refractivity contribution >= 4 is 17.8 Å². The molecule has 2 amide bonds. The van der Waals surface area contributed by atoms with Gasteiger partial charge in [0.2, 0.25) is 5.91 Å². The molecule has 0 radical (unpaired) electrons. The highest BCUT2D eigenvalue weighted by atomic mass is 16.4. The summed E-state index contributed by atoms with van der Waals surface area (Å²) < 4.78 is 0. The zero-order valence-corrected chi connectivity index (χ0v) is 10.7. The van der Waals surface area contributed by atoms with Gasteiger partial charge >= 0.3 is 5.97 Å². The fourth-order valence-corrected chi connectivity index (χ4v) is 1.16. The summed E-state index contributed by atoms with van der Waals surface area (Å²) >= 11 is 0. The summed E-state index contributed by atoms with van der Waals surface area (Å²) in [6.07, 6.45) is 1.56. The molecule has 0 saturated carbocycles. The van der Waals surface area contributed by atoms with E-state index in [-0.39, 0.29) is 17.0 Å².